The summed E-state index contributed by atoms with van der Waals surface area (Å²) in [5, 5.41) is 10.4. The highest BCUT2D eigenvalue weighted by atomic mass is 19.4. The van der Waals surface area contributed by atoms with Crippen molar-refractivity contribution >= 4 is 11.9 Å². The van der Waals surface area contributed by atoms with Crippen LogP contribution in [-0.2, 0) is 18.0 Å². The Kier molecular flexibility index (Phi) is 6.02. The molecule has 0 radical (unpaired) electrons. The third kappa shape index (κ3) is 4.89. The molecule has 1 amide bonds. The van der Waals surface area contributed by atoms with Crippen LogP contribution >= 0.6 is 0 Å². The number of nitrogens with zero attached hydrogens (tertiary/aromatic N) is 3. The molecule has 0 bridgehead atoms. The minimum absolute atomic E-state index is 0.0524. The number of halogens is 3. The minimum Gasteiger partial charge on any atom is -0.317 e. The number of carbonyl (C=O) groups is 1. The summed E-state index contributed by atoms with van der Waals surface area (Å²) in [6.07, 6.45) is -2.45. The van der Waals surface area contributed by atoms with Crippen molar-refractivity contribution in [3.8, 4) is 0 Å². The van der Waals surface area contributed by atoms with Gasteiger partial charge in [0.05, 0.1) is 5.56 Å². The Morgan fingerprint density at radius 3 is 2.75 bits per heavy atom. The summed E-state index contributed by atoms with van der Waals surface area (Å²) < 4.78 is 40.2. The molecule has 152 valence electrons. The van der Waals surface area contributed by atoms with Crippen LogP contribution in [0.4, 0.5) is 19.1 Å². The van der Waals surface area contributed by atoms with E-state index in [0.717, 1.165) is 38.1 Å². The number of benzene rings is 1. The van der Waals surface area contributed by atoms with E-state index in [-0.39, 0.29) is 24.2 Å². The van der Waals surface area contributed by atoms with E-state index in [1.165, 1.54) is 10.7 Å². The molecule has 1 saturated heterocycles. The van der Waals surface area contributed by atoms with Gasteiger partial charge in [-0.3, -0.25) is 10.1 Å². The lowest BCUT2D eigenvalue weighted by atomic mass is 9.95. The summed E-state index contributed by atoms with van der Waals surface area (Å²) in [5.74, 6) is 0.666. The van der Waals surface area contributed by atoms with E-state index in [4.69, 9.17) is 0 Å². The maximum atomic E-state index is 12.9. The number of anilines is 1. The Labute approximate surface area is 161 Å². The second-order valence-electron chi connectivity index (χ2n) is 7.22. The van der Waals surface area contributed by atoms with E-state index >= 15 is 0 Å². The number of nitrogens with one attached hydrogen (secondary N) is 2. The molecule has 1 aromatic heterocycles. The Morgan fingerprint density at radius 1 is 1.36 bits per heavy atom. The molecule has 9 heteroatoms. The lowest BCUT2D eigenvalue weighted by Crippen LogP contribution is -2.27. The maximum absolute atomic E-state index is 12.9. The first-order valence-electron chi connectivity index (χ1n) is 9.32. The third-order valence-electron chi connectivity index (χ3n) is 5.01. The first-order valence-corrected chi connectivity index (χ1v) is 9.32. The van der Waals surface area contributed by atoms with Crippen LogP contribution in [0.2, 0.25) is 0 Å². The van der Waals surface area contributed by atoms with Gasteiger partial charge in [-0.1, -0.05) is 25.1 Å². The number of rotatable bonds is 5. The highest BCUT2D eigenvalue weighted by Gasteiger charge is 2.31. The molecular weight excluding hydrogens is 371 g/mol. The standard InChI is InChI=1S/C19H24F3N5O/c1-12(14-4-3-5-15(11-14)19(20,21)22)10-16(28)24-18-25-17(26-27(18)2)13-6-8-23-9-7-13/h3-5,11-13,23H,6-10H2,1-2H3,(H,24,25,26,28). The van der Waals surface area contributed by atoms with Gasteiger partial charge in [0.15, 0.2) is 5.82 Å². The van der Waals surface area contributed by atoms with Gasteiger partial charge in [0, 0.05) is 19.4 Å². The third-order valence-corrected chi connectivity index (χ3v) is 5.01. The zero-order chi connectivity index (χ0) is 20.3. The van der Waals surface area contributed by atoms with E-state index in [0.29, 0.717) is 17.3 Å². The summed E-state index contributed by atoms with van der Waals surface area (Å²) in [7, 11) is 1.71. The van der Waals surface area contributed by atoms with Gasteiger partial charge in [-0.05, 0) is 43.5 Å². The van der Waals surface area contributed by atoms with Crippen LogP contribution in [0.1, 0.15) is 55.0 Å². The number of hydrogen-bond acceptors (Lipinski definition) is 4. The number of hydrogen-bond donors (Lipinski definition) is 2. The van der Waals surface area contributed by atoms with E-state index in [2.05, 4.69) is 20.7 Å². The van der Waals surface area contributed by atoms with Gasteiger partial charge >= 0.3 is 6.18 Å². The Balaban J connectivity index is 1.63. The van der Waals surface area contributed by atoms with Crippen LogP contribution in [0.5, 0.6) is 0 Å². The number of alkyl halides is 3. The summed E-state index contributed by atoms with van der Waals surface area (Å²) in [6.45, 7) is 3.56. The van der Waals surface area contributed by atoms with Crippen molar-refractivity contribution in [1.29, 1.82) is 0 Å². The van der Waals surface area contributed by atoms with Crippen molar-refractivity contribution in [2.75, 3.05) is 18.4 Å². The van der Waals surface area contributed by atoms with E-state index in [9.17, 15) is 18.0 Å². The molecular formula is C19H24F3N5O. The topological polar surface area (TPSA) is 71.8 Å². The molecule has 28 heavy (non-hydrogen) atoms. The molecule has 1 unspecified atom stereocenters. The van der Waals surface area contributed by atoms with Crippen molar-refractivity contribution in [3.63, 3.8) is 0 Å². The molecule has 0 spiro atoms. The van der Waals surface area contributed by atoms with E-state index < -0.39 is 11.7 Å². The largest absolute Gasteiger partial charge is 0.416 e. The first kappa shape index (κ1) is 20.3. The summed E-state index contributed by atoms with van der Waals surface area (Å²) >= 11 is 0. The minimum atomic E-state index is -4.40. The number of carbonyl (C=O) groups excluding carboxylic acids is 1. The number of aromatic nitrogens is 3. The van der Waals surface area contributed by atoms with Crippen LogP contribution in [0.15, 0.2) is 24.3 Å². The molecule has 0 saturated carbocycles. The summed E-state index contributed by atoms with van der Waals surface area (Å²) in [5.41, 5.74) is -0.240. The van der Waals surface area contributed by atoms with Crippen molar-refractivity contribution < 1.29 is 18.0 Å². The monoisotopic (exact) mass is 395 g/mol. The Morgan fingerprint density at radius 2 is 2.07 bits per heavy atom. The highest BCUT2D eigenvalue weighted by molar-refractivity contribution is 5.89. The molecule has 1 aliphatic rings. The van der Waals surface area contributed by atoms with Crippen molar-refractivity contribution in [2.24, 2.45) is 7.05 Å². The Hall–Kier alpha value is -2.42. The van der Waals surface area contributed by atoms with Gasteiger partial charge in [0.1, 0.15) is 0 Å². The fourth-order valence-electron chi connectivity index (χ4n) is 3.36. The zero-order valence-electron chi connectivity index (χ0n) is 15.9. The van der Waals surface area contributed by atoms with Gasteiger partial charge in [0.25, 0.3) is 0 Å². The predicted octanol–water partition coefficient (Wildman–Crippen LogP) is 3.43. The lowest BCUT2D eigenvalue weighted by molar-refractivity contribution is -0.137. The second-order valence-corrected chi connectivity index (χ2v) is 7.22. The van der Waals surface area contributed by atoms with Gasteiger partial charge in [-0.15, -0.1) is 0 Å². The van der Waals surface area contributed by atoms with E-state index in [1.807, 2.05) is 0 Å². The quantitative estimate of drug-likeness (QED) is 0.814. The SMILES string of the molecule is CC(CC(=O)Nc1nc(C2CCNCC2)nn1C)c1cccc(C(F)(F)F)c1. The molecule has 3 rings (SSSR count). The van der Waals surface area contributed by atoms with Crippen LogP contribution in [0.3, 0.4) is 0 Å². The smallest absolute Gasteiger partial charge is 0.317 e. The molecule has 1 atom stereocenters. The fraction of sp³-hybridized carbons (Fsp3) is 0.526. The predicted molar refractivity (Wildman–Crippen MR) is 99.0 cm³/mol. The average Bonchev–Trinajstić information content (AvgIpc) is 3.02. The van der Waals surface area contributed by atoms with Crippen molar-refractivity contribution in [2.45, 2.75) is 44.2 Å². The van der Waals surface area contributed by atoms with Crippen molar-refractivity contribution in [3.05, 3.63) is 41.2 Å². The number of aryl methyl sites for hydroxylation is 1. The molecule has 2 N–H and O–H groups in total. The molecule has 2 heterocycles. The van der Waals surface area contributed by atoms with E-state index in [1.54, 1.807) is 20.0 Å². The number of piperidine rings is 1. The molecule has 1 aliphatic heterocycles. The molecule has 1 aromatic carbocycles. The van der Waals surface area contributed by atoms with Crippen LogP contribution in [-0.4, -0.2) is 33.8 Å². The van der Waals surface area contributed by atoms with Crippen LogP contribution in [0, 0.1) is 0 Å². The second kappa shape index (κ2) is 8.30. The maximum Gasteiger partial charge on any atom is 0.416 e. The normalized spacial score (nSPS) is 16.8. The summed E-state index contributed by atoms with van der Waals surface area (Å²) in [4.78, 5) is 16.8. The summed E-state index contributed by atoms with van der Waals surface area (Å²) in [6, 6.07) is 5.08. The van der Waals surface area contributed by atoms with Crippen LogP contribution in [0.25, 0.3) is 0 Å². The van der Waals surface area contributed by atoms with Gasteiger partial charge < -0.3 is 5.32 Å². The lowest BCUT2D eigenvalue weighted by Gasteiger charge is -2.19. The van der Waals surface area contributed by atoms with Crippen molar-refractivity contribution in [1.82, 2.24) is 20.1 Å². The number of amides is 1. The zero-order valence-corrected chi connectivity index (χ0v) is 15.9. The molecule has 0 aliphatic carbocycles. The average molecular weight is 395 g/mol. The first-order chi connectivity index (χ1) is 13.2. The molecule has 1 fully saturated rings. The van der Waals surface area contributed by atoms with Gasteiger partial charge in [0.2, 0.25) is 11.9 Å². The molecule has 6 nitrogen and oxygen atoms in total. The van der Waals surface area contributed by atoms with Gasteiger partial charge in [-0.25, -0.2) is 4.68 Å². The van der Waals surface area contributed by atoms with Crippen LogP contribution < -0.4 is 10.6 Å². The highest BCUT2D eigenvalue weighted by Crippen LogP contribution is 2.32. The Bertz CT molecular complexity index is 827. The fourth-order valence-corrected chi connectivity index (χ4v) is 3.36. The van der Waals surface area contributed by atoms with Gasteiger partial charge in [-0.2, -0.15) is 23.3 Å². The molecule has 2 aromatic rings.